The molecule has 2 fully saturated rings. The van der Waals surface area contributed by atoms with E-state index < -0.39 is 41.8 Å². The Morgan fingerprint density at radius 3 is 2.42 bits per heavy atom. The van der Waals surface area contributed by atoms with E-state index in [1.54, 1.807) is 47.6 Å². The summed E-state index contributed by atoms with van der Waals surface area (Å²) >= 11 is 0. The van der Waals surface area contributed by atoms with Crippen LogP contribution in [0.4, 0.5) is 0 Å². The molecule has 0 spiro atoms. The van der Waals surface area contributed by atoms with Crippen molar-refractivity contribution in [2.75, 3.05) is 32.8 Å². The normalized spacial score (nSPS) is 22.8. The second-order valence-electron chi connectivity index (χ2n) is 13.9. The summed E-state index contributed by atoms with van der Waals surface area (Å²) in [6.45, 7) is 0.183. The SMILES string of the molecule is O=C1CN(CC2CC2)C(=O)[C@H](Cc2cnc[nH]2)NC(=O)COc2cccc(c2)[C@H]2CN(C(=O)c3cccnc3)C[C@@H]2NC(=O)[C@H](Cc2ccccc2)N1. The molecule has 2 aliphatic heterocycles. The molecule has 274 valence electrons. The van der Waals surface area contributed by atoms with Crippen LogP contribution < -0.4 is 20.7 Å². The van der Waals surface area contributed by atoms with E-state index in [0.29, 0.717) is 30.1 Å². The molecule has 53 heavy (non-hydrogen) atoms. The Kier molecular flexibility index (Phi) is 10.7. The van der Waals surface area contributed by atoms with Gasteiger partial charge >= 0.3 is 0 Å². The summed E-state index contributed by atoms with van der Waals surface area (Å²) in [7, 11) is 0. The molecule has 2 aromatic heterocycles. The van der Waals surface area contributed by atoms with E-state index >= 15 is 0 Å². The van der Waals surface area contributed by atoms with Crippen molar-refractivity contribution in [3.05, 3.63) is 114 Å². The summed E-state index contributed by atoms with van der Waals surface area (Å²) in [4.78, 5) is 83.5. The fourth-order valence-corrected chi connectivity index (χ4v) is 6.98. The van der Waals surface area contributed by atoms with Gasteiger partial charge in [-0.3, -0.25) is 29.0 Å². The molecule has 4 N–H and O–H groups in total. The van der Waals surface area contributed by atoms with Crippen LogP contribution in [0.5, 0.6) is 5.75 Å². The zero-order chi connectivity index (χ0) is 36.7. The highest BCUT2D eigenvalue weighted by molar-refractivity contribution is 5.95. The van der Waals surface area contributed by atoms with Crippen LogP contribution in [0, 0.1) is 5.92 Å². The van der Waals surface area contributed by atoms with Crippen molar-refractivity contribution in [1.29, 1.82) is 0 Å². The number of aromatic nitrogens is 3. The molecule has 2 aromatic carbocycles. The van der Waals surface area contributed by atoms with Gasteiger partial charge in [0, 0.05) is 62.7 Å². The molecule has 2 bridgehead atoms. The van der Waals surface area contributed by atoms with Crippen LogP contribution in [0.3, 0.4) is 0 Å². The number of likely N-dealkylation sites (tertiary alicyclic amines) is 1. The van der Waals surface area contributed by atoms with Crippen molar-refractivity contribution in [2.45, 2.75) is 49.7 Å². The highest BCUT2D eigenvalue weighted by Crippen LogP contribution is 2.32. The van der Waals surface area contributed by atoms with Crippen molar-refractivity contribution in [1.82, 2.24) is 40.7 Å². The van der Waals surface area contributed by atoms with Gasteiger partial charge in [0.2, 0.25) is 17.7 Å². The second-order valence-corrected chi connectivity index (χ2v) is 13.9. The Balaban J connectivity index is 1.22. The maximum absolute atomic E-state index is 14.3. The minimum Gasteiger partial charge on any atom is -0.484 e. The smallest absolute Gasteiger partial charge is 0.258 e. The highest BCUT2D eigenvalue weighted by atomic mass is 16.5. The third-order valence-corrected chi connectivity index (χ3v) is 9.87. The molecule has 1 saturated carbocycles. The summed E-state index contributed by atoms with van der Waals surface area (Å²) in [5.74, 6) is -1.75. The number of H-pyrrole nitrogens is 1. The molecule has 0 radical (unpaired) electrons. The number of hydrogen-bond donors (Lipinski definition) is 4. The van der Waals surface area contributed by atoms with Crippen LogP contribution in [0.2, 0.25) is 0 Å². The first kappa shape index (κ1) is 35.4. The molecule has 4 aromatic rings. The number of fused-ring (bicyclic) bond motifs is 4. The molecule has 5 amide bonds. The van der Waals surface area contributed by atoms with Crippen LogP contribution in [0.25, 0.3) is 0 Å². The van der Waals surface area contributed by atoms with Crippen LogP contribution in [0.15, 0.2) is 91.6 Å². The van der Waals surface area contributed by atoms with Crippen LogP contribution >= 0.6 is 0 Å². The van der Waals surface area contributed by atoms with Crippen LogP contribution in [-0.2, 0) is 32.0 Å². The minimum atomic E-state index is -1.01. The van der Waals surface area contributed by atoms with Crippen molar-refractivity contribution in [3.63, 3.8) is 0 Å². The molecule has 1 saturated heterocycles. The second kappa shape index (κ2) is 16.1. The summed E-state index contributed by atoms with van der Waals surface area (Å²) in [6, 6.07) is 17.5. The average molecular weight is 719 g/mol. The fourth-order valence-electron chi connectivity index (χ4n) is 6.98. The first-order chi connectivity index (χ1) is 25.8. The quantitative estimate of drug-likeness (QED) is 0.223. The van der Waals surface area contributed by atoms with Gasteiger partial charge in [-0.25, -0.2) is 4.98 Å². The number of nitrogens with zero attached hydrogens (tertiary/aromatic N) is 4. The monoisotopic (exact) mass is 718 g/mol. The number of hydrogen-bond acceptors (Lipinski definition) is 8. The Morgan fingerprint density at radius 1 is 0.830 bits per heavy atom. The van der Waals surface area contributed by atoms with Gasteiger partial charge < -0.3 is 35.5 Å². The number of carbonyl (C=O) groups is 5. The number of aromatic amines is 1. The number of ether oxygens (including phenoxy) is 1. The van der Waals surface area contributed by atoms with Gasteiger partial charge in [0.05, 0.1) is 24.5 Å². The van der Waals surface area contributed by atoms with Gasteiger partial charge in [-0.1, -0.05) is 42.5 Å². The summed E-state index contributed by atoms with van der Waals surface area (Å²) in [5.41, 5.74) is 2.70. The number of benzene rings is 2. The first-order valence-electron chi connectivity index (χ1n) is 17.9. The van der Waals surface area contributed by atoms with Gasteiger partial charge in [0.25, 0.3) is 11.8 Å². The number of rotatable bonds is 7. The van der Waals surface area contributed by atoms with E-state index in [2.05, 4.69) is 30.9 Å². The molecule has 3 aliphatic rings. The number of carbonyl (C=O) groups excluding carboxylic acids is 5. The third kappa shape index (κ3) is 9.07. The van der Waals surface area contributed by atoms with E-state index in [1.807, 2.05) is 36.4 Å². The molecular formula is C39H42N8O6. The average Bonchev–Trinajstić information content (AvgIpc) is 3.65. The lowest BCUT2D eigenvalue weighted by Crippen LogP contribution is -2.56. The maximum Gasteiger partial charge on any atom is 0.258 e. The van der Waals surface area contributed by atoms with E-state index in [1.165, 1.54) is 17.4 Å². The van der Waals surface area contributed by atoms with Gasteiger partial charge in [-0.15, -0.1) is 0 Å². The topological polar surface area (TPSA) is 179 Å². The lowest BCUT2D eigenvalue weighted by molar-refractivity contribution is -0.140. The predicted octanol–water partition coefficient (Wildman–Crippen LogP) is 1.62. The van der Waals surface area contributed by atoms with Crippen molar-refractivity contribution < 1.29 is 28.7 Å². The first-order valence-corrected chi connectivity index (χ1v) is 17.9. The molecule has 0 unspecified atom stereocenters. The lowest BCUT2D eigenvalue weighted by atomic mass is 9.93. The molecule has 14 nitrogen and oxygen atoms in total. The van der Waals surface area contributed by atoms with Gasteiger partial charge in [-0.2, -0.15) is 0 Å². The zero-order valence-electron chi connectivity index (χ0n) is 29.1. The maximum atomic E-state index is 14.3. The van der Waals surface area contributed by atoms with Crippen molar-refractivity contribution in [2.24, 2.45) is 5.92 Å². The summed E-state index contributed by atoms with van der Waals surface area (Å²) in [5, 5.41) is 8.91. The molecule has 14 heteroatoms. The van der Waals surface area contributed by atoms with E-state index in [-0.39, 0.29) is 50.3 Å². The lowest BCUT2D eigenvalue weighted by Gasteiger charge is -2.29. The number of amides is 5. The minimum absolute atomic E-state index is 0.124. The zero-order valence-corrected chi connectivity index (χ0v) is 29.1. The highest BCUT2D eigenvalue weighted by Gasteiger charge is 2.39. The molecule has 7 rings (SSSR count). The number of nitrogens with one attached hydrogen (secondary N) is 4. The van der Waals surface area contributed by atoms with Crippen LogP contribution in [-0.4, -0.2) is 105 Å². The van der Waals surface area contributed by atoms with Crippen molar-refractivity contribution >= 4 is 29.5 Å². The van der Waals surface area contributed by atoms with Gasteiger partial charge in [-0.05, 0) is 54.2 Å². The number of imidazole rings is 1. The summed E-state index contributed by atoms with van der Waals surface area (Å²) < 4.78 is 5.94. The van der Waals surface area contributed by atoms with E-state index in [9.17, 15) is 24.0 Å². The Hall–Kier alpha value is -6.05. The summed E-state index contributed by atoms with van der Waals surface area (Å²) in [6.07, 6.45) is 8.37. The van der Waals surface area contributed by atoms with Gasteiger partial charge in [0.1, 0.15) is 17.8 Å². The molecular weight excluding hydrogens is 676 g/mol. The fraction of sp³-hybridized carbons (Fsp3) is 0.359. The molecule has 4 heterocycles. The number of pyridine rings is 1. The predicted molar refractivity (Wildman–Crippen MR) is 192 cm³/mol. The van der Waals surface area contributed by atoms with Gasteiger partial charge in [0.15, 0.2) is 6.61 Å². The largest absolute Gasteiger partial charge is 0.484 e. The van der Waals surface area contributed by atoms with Crippen molar-refractivity contribution in [3.8, 4) is 5.75 Å². The third-order valence-electron chi connectivity index (χ3n) is 9.87. The van der Waals surface area contributed by atoms with E-state index in [4.69, 9.17) is 4.74 Å². The molecule has 1 aliphatic carbocycles. The standard InChI is InChI=1S/C39H42N8O6/c48-35-22-46(19-26-11-12-26)39(52)33(16-29-18-41-24-42-29)44-36(49)23-53-30-10-4-8-27(15-30)31-20-47(38(51)28-9-5-13-40-17-28)21-34(31)45-37(50)32(43-35)14-25-6-2-1-3-7-25/h1-10,13,15,17-18,24,26,31-34H,11-12,14,16,19-23H2,(H,41,42)(H,43,48)(H,44,49)(H,45,50)/t31-,32+,33+,34+/m1/s1. The van der Waals surface area contributed by atoms with Crippen LogP contribution in [0.1, 0.15) is 45.9 Å². The Morgan fingerprint density at radius 2 is 1.66 bits per heavy atom. The Bertz CT molecular complexity index is 1920. The Labute approximate surface area is 306 Å². The van der Waals surface area contributed by atoms with E-state index in [0.717, 1.165) is 24.0 Å². The molecule has 4 atom stereocenters.